The van der Waals surface area contributed by atoms with Crippen molar-refractivity contribution in [3.63, 3.8) is 0 Å². The van der Waals surface area contributed by atoms with Crippen molar-refractivity contribution in [1.29, 1.82) is 0 Å². The average Bonchev–Trinajstić information content (AvgIpc) is 2.40. The lowest BCUT2D eigenvalue weighted by Gasteiger charge is -2.16. The Hall–Kier alpha value is -1.81. The molecule has 0 fully saturated rings. The van der Waals surface area contributed by atoms with E-state index in [9.17, 15) is 13.2 Å². The third-order valence-corrected chi connectivity index (χ3v) is 3.16. The van der Waals surface area contributed by atoms with E-state index in [0.717, 1.165) is 17.2 Å². The molecule has 0 radical (unpaired) electrons. The van der Waals surface area contributed by atoms with Crippen molar-refractivity contribution in [2.45, 2.75) is 19.6 Å². The van der Waals surface area contributed by atoms with Gasteiger partial charge in [-0.25, -0.2) is 0 Å². The van der Waals surface area contributed by atoms with E-state index in [-0.39, 0.29) is 5.56 Å². The number of hydrogen-bond acceptors (Lipinski definition) is 1. The van der Waals surface area contributed by atoms with Gasteiger partial charge in [-0.1, -0.05) is 42.0 Å². The molecule has 1 N–H and O–H groups in total. The molecular weight excluding hydrogens is 263 g/mol. The van der Waals surface area contributed by atoms with Crippen molar-refractivity contribution in [2.24, 2.45) is 0 Å². The Morgan fingerprint density at radius 3 is 2.35 bits per heavy atom. The summed E-state index contributed by atoms with van der Waals surface area (Å²) in [6.07, 6.45) is -4.35. The fourth-order valence-electron chi connectivity index (χ4n) is 2.25. The third-order valence-electron chi connectivity index (χ3n) is 3.16. The molecule has 0 saturated carbocycles. The zero-order valence-corrected chi connectivity index (χ0v) is 11.4. The van der Waals surface area contributed by atoms with E-state index in [1.807, 2.05) is 19.1 Å². The number of aryl methyl sites for hydroxylation is 1. The molecule has 0 aliphatic rings. The fraction of sp³-hybridized carbons (Fsp3) is 0.250. The van der Waals surface area contributed by atoms with E-state index in [1.165, 1.54) is 12.1 Å². The molecule has 0 amide bonds. The van der Waals surface area contributed by atoms with Gasteiger partial charge in [0.05, 0.1) is 5.56 Å². The standard InChI is InChI=1S/C16H16F3N/c1-11-7-8-12(10-20-2)14(9-11)13-5-3-4-6-15(13)16(17,18)19/h3-9,20H,10H2,1-2H3. The highest BCUT2D eigenvalue weighted by Gasteiger charge is 2.33. The van der Waals surface area contributed by atoms with Crippen LogP contribution in [-0.2, 0) is 12.7 Å². The van der Waals surface area contributed by atoms with Gasteiger partial charge in [-0.05, 0) is 36.7 Å². The second kappa shape index (κ2) is 5.67. The monoisotopic (exact) mass is 279 g/mol. The lowest BCUT2D eigenvalue weighted by Crippen LogP contribution is -2.10. The number of alkyl halides is 3. The molecule has 20 heavy (non-hydrogen) atoms. The lowest BCUT2D eigenvalue weighted by atomic mass is 9.93. The van der Waals surface area contributed by atoms with Crippen molar-refractivity contribution in [1.82, 2.24) is 5.32 Å². The van der Waals surface area contributed by atoms with Gasteiger partial charge < -0.3 is 5.32 Å². The molecule has 2 aromatic rings. The molecule has 1 nitrogen and oxygen atoms in total. The topological polar surface area (TPSA) is 12.0 Å². The molecule has 4 heteroatoms. The molecule has 106 valence electrons. The summed E-state index contributed by atoms with van der Waals surface area (Å²) in [4.78, 5) is 0. The van der Waals surface area contributed by atoms with E-state index in [1.54, 1.807) is 19.2 Å². The molecule has 2 rings (SSSR count). The Labute approximate surface area is 116 Å². The van der Waals surface area contributed by atoms with Crippen LogP contribution in [0.2, 0.25) is 0 Å². The van der Waals surface area contributed by atoms with Crippen LogP contribution in [0.25, 0.3) is 11.1 Å². The molecule has 0 heterocycles. The second-order valence-corrected chi connectivity index (χ2v) is 4.73. The fourth-order valence-corrected chi connectivity index (χ4v) is 2.25. The Bertz CT molecular complexity index is 603. The maximum absolute atomic E-state index is 13.1. The summed E-state index contributed by atoms with van der Waals surface area (Å²) in [7, 11) is 1.78. The largest absolute Gasteiger partial charge is 0.417 e. The molecule has 0 bridgehead atoms. The zero-order chi connectivity index (χ0) is 14.8. The molecule has 0 saturated heterocycles. The van der Waals surface area contributed by atoms with Crippen LogP contribution in [0.5, 0.6) is 0 Å². The van der Waals surface area contributed by atoms with Crippen LogP contribution in [0.3, 0.4) is 0 Å². The van der Waals surface area contributed by atoms with Gasteiger partial charge in [-0.3, -0.25) is 0 Å². The van der Waals surface area contributed by atoms with Gasteiger partial charge in [-0.15, -0.1) is 0 Å². The van der Waals surface area contributed by atoms with Crippen LogP contribution in [-0.4, -0.2) is 7.05 Å². The predicted octanol–water partition coefficient (Wildman–Crippen LogP) is 4.40. The first-order valence-corrected chi connectivity index (χ1v) is 6.34. The zero-order valence-electron chi connectivity index (χ0n) is 11.4. The molecule has 0 unspecified atom stereocenters. The van der Waals surface area contributed by atoms with Crippen molar-refractivity contribution in [3.8, 4) is 11.1 Å². The van der Waals surface area contributed by atoms with Gasteiger partial charge >= 0.3 is 6.18 Å². The SMILES string of the molecule is CNCc1ccc(C)cc1-c1ccccc1C(F)(F)F. The van der Waals surface area contributed by atoms with Crippen LogP contribution in [0.15, 0.2) is 42.5 Å². The Balaban J connectivity index is 2.65. The Morgan fingerprint density at radius 1 is 1.00 bits per heavy atom. The number of rotatable bonds is 3. The van der Waals surface area contributed by atoms with Crippen molar-refractivity contribution >= 4 is 0 Å². The van der Waals surface area contributed by atoms with Crippen LogP contribution in [0.1, 0.15) is 16.7 Å². The number of nitrogens with one attached hydrogen (secondary N) is 1. The first-order valence-electron chi connectivity index (χ1n) is 6.34. The number of benzene rings is 2. The predicted molar refractivity (Wildman–Crippen MR) is 74.4 cm³/mol. The highest BCUT2D eigenvalue weighted by molar-refractivity contribution is 5.72. The summed E-state index contributed by atoms with van der Waals surface area (Å²) < 4.78 is 39.4. The minimum atomic E-state index is -4.35. The van der Waals surface area contributed by atoms with Crippen LogP contribution in [0.4, 0.5) is 13.2 Å². The lowest BCUT2D eigenvalue weighted by molar-refractivity contribution is -0.137. The molecule has 0 atom stereocenters. The first-order chi connectivity index (χ1) is 9.43. The molecule has 2 aromatic carbocycles. The smallest absolute Gasteiger partial charge is 0.316 e. The maximum atomic E-state index is 13.1. The number of halogens is 3. The molecular formula is C16H16F3N. The van der Waals surface area contributed by atoms with Crippen LogP contribution < -0.4 is 5.32 Å². The molecule has 0 aliphatic carbocycles. The van der Waals surface area contributed by atoms with E-state index >= 15 is 0 Å². The molecule has 0 aromatic heterocycles. The van der Waals surface area contributed by atoms with Gasteiger partial charge in [0.25, 0.3) is 0 Å². The summed E-state index contributed by atoms with van der Waals surface area (Å²) in [6.45, 7) is 2.41. The van der Waals surface area contributed by atoms with Gasteiger partial charge in [-0.2, -0.15) is 13.2 Å². The van der Waals surface area contributed by atoms with E-state index in [2.05, 4.69) is 5.32 Å². The third kappa shape index (κ3) is 3.02. The molecule has 0 spiro atoms. The van der Waals surface area contributed by atoms with Crippen LogP contribution in [0, 0.1) is 6.92 Å². The normalized spacial score (nSPS) is 11.7. The van der Waals surface area contributed by atoms with Gasteiger partial charge in [0.2, 0.25) is 0 Å². The minimum absolute atomic E-state index is 0.231. The minimum Gasteiger partial charge on any atom is -0.316 e. The van der Waals surface area contributed by atoms with Crippen molar-refractivity contribution < 1.29 is 13.2 Å². The number of hydrogen-bond donors (Lipinski definition) is 1. The second-order valence-electron chi connectivity index (χ2n) is 4.73. The van der Waals surface area contributed by atoms with E-state index < -0.39 is 11.7 Å². The highest BCUT2D eigenvalue weighted by atomic mass is 19.4. The summed E-state index contributed by atoms with van der Waals surface area (Å²) in [5, 5.41) is 2.99. The van der Waals surface area contributed by atoms with E-state index in [4.69, 9.17) is 0 Å². The summed E-state index contributed by atoms with van der Waals surface area (Å²) in [5.41, 5.74) is 2.07. The van der Waals surface area contributed by atoms with Crippen molar-refractivity contribution in [3.05, 3.63) is 59.2 Å². The van der Waals surface area contributed by atoms with Crippen LogP contribution >= 0.6 is 0 Å². The molecule has 0 aliphatic heterocycles. The maximum Gasteiger partial charge on any atom is 0.417 e. The highest BCUT2D eigenvalue weighted by Crippen LogP contribution is 2.38. The van der Waals surface area contributed by atoms with Gasteiger partial charge in [0, 0.05) is 6.54 Å². The van der Waals surface area contributed by atoms with E-state index in [0.29, 0.717) is 12.1 Å². The van der Waals surface area contributed by atoms with Gasteiger partial charge in [0.1, 0.15) is 0 Å². The average molecular weight is 279 g/mol. The summed E-state index contributed by atoms with van der Waals surface area (Å²) in [5.74, 6) is 0. The first kappa shape index (κ1) is 14.6. The summed E-state index contributed by atoms with van der Waals surface area (Å²) >= 11 is 0. The summed E-state index contributed by atoms with van der Waals surface area (Å²) in [6, 6.07) is 11.3. The van der Waals surface area contributed by atoms with Crippen molar-refractivity contribution in [2.75, 3.05) is 7.05 Å². The van der Waals surface area contributed by atoms with Gasteiger partial charge in [0.15, 0.2) is 0 Å². The quantitative estimate of drug-likeness (QED) is 0.878. The Morgan fingerprint density at radius 2 is 1.70 bits per heavy atom. The Kier molecular flexibility index (Phi) is 4.14.